The number of hydrogen-bond donors (Lipinski definition) is 1. The maximum atomic E-state index is 12.8. The van der Waals surface area contributed by atoms with Gasteiger partial charge in [0, 0.05) is 12.1 Å². The van der Waals surface area contributed by atoms with Crippen molar-refractivity contribution in [3.8, 4) is 0 Å². The topological polar surface area (TPSA) is 15.3 Å². The molecule has 1 aliphatic heterocycles. The van der Waals surface area contributed by atoms with Gasteiger partial charge in [0.2, 0.25) is 0 Å². The molecule has 19 heavy (non-hydrogen) atoms. The molecule has 0 amide bonds. The predicted molar refractivity (Wildman–Crippen MR) is 70.1 cm³/mol. The molecule has 5 heteroatoms. The monoisotopic (exact) mass is 278 g/mol. The van der Waals surface area contributed by atoms with Crippen LogP contribution in [0.5, 0.6) is 0 Å². The summed E-state index contributed by atoms with van der Waals surface area (Å²) in [6.07, 6.45) is 1.48. The van der Waals surface area contributed by atoms with Crippen LogP contribution >= 0.6 is 0 Å². The Morgan fingerprint density at radius 1 is 0.947 bits per heavy atom. The van der Waals surface area contributed by atoms with E-state index in [9.17, 15) is 13.2 Å². The molecule has 2 nitrogen and oxygen atoms in total. The third-order valence-electron chi connectivity index (χ3n) is 4.56. The van der Waals surface area contributed by atoms with Gasteiger partial charge < -0.3 is 10.2 Å². The van der Waals surface area contributed by atoms with Crippen LogP contribution in [0.15, 0.2) is 0 Å². The lowest BCUT2D eigenvalue weighted by molar-refractivity contribution is -0.183. The summed E-state index contributed by atoms with van der Waals surface area (Å²) in [5.74, 6) is -1.09. The molecule has 3 atom stereocenters. The predicted octanol–water partition coefficient (Wildman–Crippen LogP) is 3.18. The molecule has 0 aromatic carbocycles. The molecule has 1 saturated heterocycles. The molecule has 0 aromatic heterocycles. The van der Waals surface area contributed by atoms with Crippen LogP contribution in [0.2, 0.25) is 0 Å². The smallest absolute Gasteiger partial charge is 0.311 e. The fraction of sp³-hybridized carbons (Fsp3) is 1.00. The second kappa shape index (κ2) is 6.44. The van der Waals surface area contributed by atoms with E-state index in [1.807, 2.05) is 0 Å². The Morgan fingerprint density at radius 2 is 1.68 bits per heavy atom. The molecule has 2 aliphatic rings. The third kappa shape index (κ3) is 4.63. The first kappa shape index (κ1) is 15.1. The van der Waals surface area contributed by atoms with E-state index >= 15 is 0 Å². The first-order valence-corrected chi connectivity index (χ1v) is 7.46. The van der Waals surface area contributed by atoms with Crippen LogP contribution in [0.1, 0.15) is 44.9 Å². The van der Waals surface area contributed by atoms with Gasteiger partial charge in [-0.3, -0.25) is 0 Å². The van der Waals surface area contributed by atoms with Crippen molar-refractivity contribution < 1.29 is 13.2 Å². The van der Waals surface area contributed by atoms with E-state index < -0.39 is 12.1 Å². The number of nitrogens with zero attached hydrogens (tertiary/aromatic N) is 1. The highest BCUT2D eigenvalue weighted by Gasteiger charge is 2.42. The average Bonchev–Trinajstić information content (AvgIpc) is 2.54. The van der Waals surface area contributed by atoms with Crippen molar-refractivity contribution in [2.75, 3.05) is 20.1 Å². The van der Waals surface area contributed by atoms with Gasteiger partial charge in [0.05, 0.1) is 5.92 Å². The van der Waals surface area contributed by atoms with Crippen LogP contribution in [-0.4, -0.2) is 43.3 Å². The van der Waals surface area contributed by atoms with Gasteiger partial charge in [-0.15, -0.1) is 0 Å². The summed E-state index contributed by atoms with van der Waals surface area (Å²) in [4.78, 5) is 2.31. The molecule has 0 spiro atoms. The van der Waals surface area contributed by atoms with E-state index in [1.54, 1.807) is 0 Å². The normalized spacial score (nSPS) is 35.1. The minimum absolute atomic E-state index is 0.0637. The number of rotatable bonds is 2. The minimum atomic E-state index is -4.01. The zero-order valence-electron chi connectivity index (χ0n) is 11.7. The van der Waals surface area contributed by atoms with Crippen LogP contribution in [0.3, 0.4) is 0 Å². The zero-order chi connectivity index (χ0) is 13.9. The number of likely N-dealkylation sites (tertiary alicyclic amines) is 1. The second-order valence-corrected chi connectivity index (χ2v) is 6.20. The highest BCUT2D eigenvalue weighted by Crippen LogP contribution is 2.37. The Labute approximate surface area is 113 Å². The second-order valence-electron chi connectivity index (χ2n) is 6.20. The van der Waals surface area contributed by atoms with Gasteiger partial charge in [-0.25, -0.2) is 0 Å². The Hall–Kier alpha value is -0.290. The molecule has 1 aliphatic carbocycles. The highest BCUT2D eigenvalue weighted by molar-refractivity contribution is 4.85. The van der Waals surface area contributed by atoms with E-state index in [2.05, 4.69) is 17.3 Å². The summed E-state index contributed by atoms with van der Waals surface area (Å²) in [5, 5.41) is 3.49. The number of halogens is 3. The average molecular weight is 278 g/mol. The Morgan fingerprint density at radius 3 is 2.42 bits per heavy atom. The molecular formula is C14H25F3N2. The number of nitrogens with one attached hydrogen (secondary N) is 1. The van der Waals surface area contributed by atoms with Crippen molar-refractivity contribution in [1.29, 1.82) is 0 Å². The van der Waals surface area contributed by atoms with E-state index in [-0.39, 0.29) is 12.5 Å². The molecule has 0 aromatic rings. The summed E-state index contributed by atoms with van der Waals surface area (Å²) >= 11 is 0. The van der Waals surface area contributed by atoms with Crippen molar-refractivity contribution >= 4 is 0 Å². The molecule has 1 saturated carbocycles. The quantitative estimate of drug-likeness (QED) is 0.834. The maximum absolute atomic E-state index is 12.8. The van der Waals surface area contributed by atoms with E-state index in [0.29, 0.717) is 18.9 Å². The standard InChI is InChI=1S/C14H25F3N2/c1-19-8-3-6-12(7-9-19)18-13-5-2-4-11(10-13)14(15,16)17/h11-13,18H,2-10H2,1H3. The summed E-state index contributed by atoms with van der Waals surface area (Å²) in [6, 6.07) is 0.468. The zero-order valence-corrected chi connectivity index (χ0v) is 11.7. The van der Waals surface area contributed by atoms with Gasteiger partial charge in [0.25, 0.3) is 0 Å². The highest BCUT2D eigenvalue weighted by atomic mass is 19.4. The van der Waals surface area contributed by atoms with Crippen molar-refractivity contribution in [3.63, 3.8) is 0 Å². The summed E-state index contributed by atoms with van der Waals surface area (Å²) in [7, 11) is 2.11. The molecule has 2 fully saturated rings. The number of alkyl halides is 3. The third-order valence-corrected chi connectivity index (χ3v) is 4.56. The summed E-state index contributed by atoms with van der Waals surface area (Å²) < 4.78 is 38.3. The molecule has 2 rings (SSSR count). The van der Waals surface area contributed by atoms with Crippen LogP contribution in [0.25, 0.3) is 0 Å². The molecular weight excluding hydrogens is 253 g/mol. The molecule has 1 heterocycles. The van der Waals surface area contributed by atoms with E-state index in [1.165, 1.54) is 0 Å². The molecule has 112 valence electrons. The van der Waals surface area contributed by atoms with Crippen molar-refractivity contribution in [3.05, 3.63) is 0 Å². The summed E-state index contributed by atoms with van der Waals surface area (Å²) in [6.45, 7) is 2.15. The van der Waals surface area contributed by atoms with Crippen LogP contribution in [0.4, 0.5) is 13.2 Å². The van der Waals surface area contributed by atoms with Gasteiger partial charge >= 0.3 is 6.18 Å². The first-order chi connectivity index (χ1) is 8.95. The van der Waals surface area contributed by atoms with Crippen molar-refractivity contribution in [2.45, 2.75) is 63.2 Å². The molecule has 3 unspecified atom stereocenters. The Bertz CT molecular complexity index is 280. The van der Waals surface area contributed by atoms with Gasteiger partial charge in [-0.1, -0.05) is 6.42 Å². The fourth-order valence-corrected chi connectivity index (χ4v) is 3.38. The van der Waals surface area contributed by atoms with E-state index in [4.69, 9.17) is 0 Å². The molecule has 1 N–H and O–H groups in total. The first-order valence-electron chi connectivity index (χ1n) is 7.46. The Kier molecular flexibility index (Phi) is 5.12. The van der Waals surface area contributed by atoms with E-state index in [0.717, 1.165) is 38.8 Å². The number of hydrogen-bond acceptors (Lipinski definition) is 2. The van der Waals surface area contributed by atoms with Gasteiger partial charge in [0.1, 0.15) is 0 Å². The molecule has 0 bridgehead atoms. The lowest BCUT2D eigenvalue weighted by atomic mass is 9.84. The van der Waals surface area contributed by atoms with Crippen molar-refractivity contribution in [2.24, 2.45) is 5.92 Å². The van der Waals surface area contributed by atoms with Crippen LogP contribution in [0, 0.1) is 5.92 Å². The SMILES string of the molecule is CN1CCCC(NC2CCCC(C(F)(F)F)C2)CC1. The van der Waals surface area contributed by atoms with Crippen molar-refractivity contribution in [1.82, 2.24) is 10.2 Å². The minimum Gasteiger partial charge on any atom is -0.311 e. The van der Waals surface area contributed by atoms with Gasteiger partial charge in [0.15, 0.2) is 0 Å². The lowest BCUT2D eigenvalue weighted by Crippen LogP contribution is -2.43. The Balaban J connectivity index is 1.81. The van der Waals surface area contributed by atoms with Gasteiger partial charge in [-0.05, 0) is 58.7 Å². The lowest BCUT2D eigenvalue weighted by Gasteiger charge is -2.33. The summed E-state index contributed by atoms with van der Waals surface area (Å²) in [5.41, 5.74) is 0. The van der Waals surface area contributed by atoms with Gasteiger partial charge in [-0.2, -0.15) is 13.2 Å². The van der Waals surface area contributed by atoms with Crippen LogP contribution in [-0.2, 0) is 0 Å². The maximum Gasteiger partial charge on any atom is 0.391 e. The largest absolute Gasteiger partial charge is 0.391 e. The fourth-order valence-electron chi connectivity index (χ4n) is 3.38. The van der Waals surface area contributed by atoms with Crippen LogP contribution < -0.4 is 5.32 Å². The molecule has 0 radical (unpaired) electrons.